The van der Waals surface area contributed by atoms with Crippen LogP contribution in [0.1, 0.15) is 28.8 Å². The lowest BCUT2D eigenvalue weighted by Crippen LogP contribution is -2.37. The number of hydrogen-bond donors (Lipinski definition) is 0. The molecule has 138 valence electrons. The minimum Gasteiger partial charge on any atom is -0.494 e. The summed E-state index contributed by atoms with van der Waals surface area (Å²) in [6.45, 7) is 1.68. The first-order valence-electron chi connectivity index (χ1n) is 8.41. The first-order chi connectivity index (χ1) is 12.6. The van der Waals surface area contributed by atoms with Crippen molar-refractivity contribution >= 4 is 29.1 Å². The van der Waals surface area contributed by atoms with Crippen LogP contribution in [-0.4, -0.2) is 42.2 Å². The molecule has 5 nitrogen and oxygen atoms in total. The molecule has 26 heavy (non-hydrogen) atoms. The van der Waals surface area contributed by atoms with Crippen LogP contribution >= 0.6 is 23.2 Å². The van der Waals surface area contributed by atoms with E-state index < -0.39 is 0 Å². The van der Waals surface area contributed by atoms with Gasteiger partial charge in [0.05, 0.1) is 23.3 Å². The van der Waals surface area contributed by atoms with E-state index in [1.807, 2.05) is 12.1 Å². The normalized spacial score (nSPS) is 16.5. The molecule has 1 saturated heterocycles. The fourth-order valence-corrected chi connectivity index (χ4v) is 3.67. The van der Waals surface area contributed by atoms with Crippen LogP contribution in [0.15, 0.2) is 36.7 Å². The summed E-state index contributed by atoms with van der Waals surface area (Å²) in [6.07, 6.45) is 5.46. The SMILES string of the molecule is COc1c(Cl)cc(C(=O)N(Cc2cccnc2)CC2CCCO2)cc1Cl. The Balaban J connectivity index is 1.86. The van der Waals surface area contributed by atoms with E-state index >= 15 is 0 Å². The van der Waals surface area contributed by atoms with Gasteiger partial charge in [-0.15, -0.1) is 0 Å². The second-order valence-electron chi connectivity index (χ2n) is 6.16. The number of amides is 1. The molecule has 7 heteroatoms. The van der Waals surface area contributed by atoms with Gasteiger partial charge in [0.1, 0.15) is 0 Å². The highest BCUT2D eigenvalue weighted by Crippen LogP contribution is 2.34. The van der Waals surface area contributed by atoms with Gasteiger partial charge in [-0.3, -0.25) is 9.78 Å². The number of rotatable bonds is 6. The number of carbonyl (C=O) groups excluding carboxylic acids is 1. The molecule has 1 atom stereocenters. The summed E-state index contributed by atoms with van der Waals surface area (Å²) in [4.78, 5) is 19.0. The van der Waals surface area contributed by atoms with Crippen molar-refractivity contribution in [2.45, 2.75) is 25.5 Å². The molecule has 3 rings (SSSR count). The molecular weight excluding hydrogens is 375 g/mol. The molecule has 1 aliphatic heterocycles. The molecule has 1 fully saturated rings. The standard InChI is InChI=1S/C19H20Cl2N2O3/c1-25-18-16(20)8-14(9-17(18)21)19(24)23(12-15-5-3-7-26-15)11-13-4-2-6-22-10-13/h2,4,6,8-10,15H,3,5,7,11-12H2,1H3. The average molecular weight is 395 g/mol. The van der Waals surface area contributed by atoms with Gasteiger partial charge in [0, 0.05) is 37.7 Å². The van der Waals surface area contributed by atoms with Crippen molar-refractivity contribution < 1.29 is 14.3 Å². The summed E-state index contributed by atoms with van der Waals surface area (Å²) < 4.78 is 10.9. The highest BCUT2D eigenvalue weighted by molar-refractivity contribution is 6.37. The number of halogens is 2. The number of methoxy groups -OCH3 is 1. The quantitative estimate of drug-likeness (QED) is 0.735. The molecule has 2 heterocycles. The minimum atomic E-state index is -0.157. The first-order valence-corrected chi connectivity index (χ1v) is 9.17. The number of nitrogens with zero attached hydrogens (tertiary/aromatic N) is 2. The third kappa shape index (κ3) is 4.47. The first kappa shape index (κ1) is 19.0. The van der Waals surface area contributed by atoms with Crippen molar-refractivity contribution in [2.75, 3.05) is 20.3 Å². The third-order valence-corrected chi connectivity index (χ3v) is 4.84. The van der Waals surface area contributed by atoms with Crippen molar-refractivity contribution in [3.05, 3.63) is 57.8 Å². The van der Waals surface area contributed by atoms with Gasteiger partial charge >= 0.3 is 0 Å². The smallest absolute Gasteiger partial charge is 0.254 e. The van der Waals surface area contributed by atoms with E-state index in [0.717, 1.165) is 25.0 Å². The van der Waals surface area contributed by atoms with Crippen LogP contribution in [0.3, 0.4) is 0 Å². The van der Waals surface area contributed by atoms with Crippen LogP contribution < -0.4 is 4.74 Å². The van der Waals surface area contributed by atoms with Gasteiger partial charge in [0.25, 0.3) is 5.91 Å². The molecule has 1 aromatic heterocycles. The summed E-state index contributed by atoms with van der Waals surface area (Å²) >= 11 is 12.4. The van der Waals surface area contributed by atoms with Crippen molar-refractivity contribution in [3.63, 3.8) is 0 Å². The van der Waals surface area contributed by atoms with Crippen molar-refractivity contribution in [1.82, 2.24) is 9.88 Å². The topological polar surface area (TPSA) is 51.7 Å². The number of carbonyl (C=O) groups is 1. The Labute approximate surface area is 162 Å². The van der Waals surface area contributed by atoms with Crippen LogP contribution in [0.2, 0.25) is 10.0 Å². The molecule has 2 aromatic rings. The second-order valence-corrected chi connectivity index (χ2v) is 6.97. The van der Waals surface area contributed by atoms with Crippen molar-refractivity contribution in [1.29, 1.82) is 0 Å². The molecule has 1 aliphatic rings. The van der Waals surface area contributed by atoms with Gasteiger partial charge in [-0.25, -0.2) is 0 Å². The van der Waals surface area contributed by atoms with Crippen LogP contribution in [0.25, 0.3) is 0 Å². The zero-order valence-corrected chi connectivity index (χ0v) is 16.0. The van der Waals surface area contributed by atoms with Crippen LogP contribution in [0, 0.1) is 0 Å². The van der Waals surface area contributed by atoms with E-state index in [4.69, 9.17) is 32.7 Å². The Morgan fingerprint density at radius 1 is 1.38 bits per heavy atom. The molecule has 0 saturated carbocycles. The molecule has 0 bridgehead atoms. The maximum absolute atomic E-state index is 13.1. The maximum Gasteiger partial charge on any atom is 0.254 e. The predicted molar refractivity (Wildman–Crippen MR) is 101 cm³/mol. The van der Waals surface area contributed by atoms with Gasteiger partial charge in [-0.05, 0) is 36.6 Å². The summed E-state index contributed by atoms with van der Waals surface area (Å²) in [5.41, 5.74) is 1.37. The van der Waals surface area contributed by atoms with E-state index in [9.17, 15) is 4.79 Å². The molecule has 0 spiro atoms. The van der Waals surface area contributed by atoms with Crippen LogP contribution in [-0.2, 0) is 11.3 Å². The van der Waals surface area contributed by atoms with Crippen LogP contribution in [0.5, 0.6) is 5.75 Å². The van der Waals surface area contributed by atoms with E-state index in [1.165, 1.54) is 7.11 Å². The molecule has 0 aliphatic carbocycles. The third-order valence-electron chi connectivity index (χ3n) is 4.28. The van der Waals surface area contributed by atoms with E-state index in [0.29, 0.717) is 34.4 Å². The highest BCUT2D eigenvalue weighted by atomic mass is 35.5. The largest absolute Gasteiger partial charge is 0.494 e. The Morgan fingerprint density at radius 3 is 2.73 bits per heavy atom. The molecule has 1 aromatic carbocycles. The van der Waals surface area contributed by atoms with Gasteiger partial charge in [-0.2, -0.15) is 0 Å². The summed E-state index contributed by atoms with van der Waals surface area (Å²) in [6, 6.07) is 6.96. The summed E-state index contributed by atoms with van der Waals surface area (Å²) in [7, 11) is 1.49. The molecule has 0 N–H and O–H groups in total. The van der Waals surface area contributed by atoms with Crippen molar-refractivity contribution in [2.24, 2.45) is 0 Å². The molecule has 1 unspecified atom stereocenters. The van der Waals surface area contributed by atoms with Crippen molar-refractivity contribution in [3.8, 4) is 5.75 Å². The number of aromatic nitrogens is 1. The van der Waals surface area contributed by atoms with E-state index in [2.05, 4.69) is 4.98 Å². The van der Waals surface area contributed by atoms with E-state index in [-0.39, 0.29) is 12.0 Å². The van der Waals surface area contributed by atoms with Gasteiger partial charge in [0.15, 0.2) is 5.75 Å². The number of ether oxygens (including phenoxy) is 2. The number of hydrogen-bond acceptors (Lipinski definition) is 4. The van der Waals surface area contributed by atoms with Gasteiger partial charge < -0.3 is 14.4 Å². The molecular formula is C19H20Cl2N2O3. The highest BCUT2D eigenvalue weighted by Gasteiger charge is 2.25. The Bertz CT molecular complexity index is 742. The summed E-state index contributed by atoms with van der Waals surface area (Å²) in [5, 5.41) is 0.614. The lowest BCUT2D eigenvalue weighted by molar-refractivity contribution is 0.0507. The Morgan fingerprint density at radius 2 is 2.15 bits per heavy atom. The van der Waals surface area contributed by atoms with Gasteiger partial charge in [-0.1, -0.05) is 29.3 Å². The zero-order chi connectivity index (χ0) is 18.5. The maximum atomic E-state index is 13.1. The lowest BCUT2D eigenvalue weighted by Gasteiger charge is -2.26. The monoisotopic (exact) mass is 394 g/mol. The zero-order valence-electron chi connectivity index (χ0n) is 14.5. The number of pyridine rings is 1. The number of benzene rings is 1. The predicted octanol–water partition coefficient (Wildman–Crippen LogP) is 4.22. The van der Waals surface area contributed by atoms with Gasteiger partial charge in [0.2, 0.25) is 0 Å². The fraction of sp³-hybridized carbons (Fsp3) is 0.368. The average Bonchev–Trinajstić information content (AvgIpc) is 3.14. The Hall–Kier alpha value is -1.82. The second kappa shape index (κ2) is 8.71. The van der Waals surface area contributed by atoms with E-state index in [1.54, 1.807) is 29.4 Å². The minimum absolute atomic E-state index is 0.0415. The summed E-state index contributed by atoms with van der Waals surface area (Å²) in [5.74, 6) is 0.207. The molecule has 1 amide bonds. The fourth-order valence-electron chi connectivity index (χ4n) is 3.03. The molecule has 0 radical (unpaired) electrons. The van der Waals surface area contributed by atoms with Crippen LogP contribution in [0.4, 0.5) is 0 Å². The lowest BCUT2D eigenvalue weighted by atomic mass is 10.1. The Kier molecular flexibility index (Phi) is 6.35.